The maximum atomic E-state index is 13.1. The van der Waals surface area contributed by atoms with E-state index in [1.54, 1.807) is 28.9 Å². The highest BCUT2D eigenvalue weighted by atomic mass is 19.1. The molecule has 1 aliphatic carbocycles. The highest BCUT2D eigenvalue weighted by Crippen LogP contribution is 2.40. The fourth-order valence-corrected chi connectivity index (χ4v) is 3.99. The molecule has 1 heterocycles. The lowest BCUT2D eigenvalue weighted by Gasteiger charge is -2.08. The average Bonchev–Trinajstić information content (AvgIpc) is 3.49. The van der Waals surface area contributed by atoms with E-state index in [1.807, 2.05) is 42.6 Å². The fourth-order valence-electron chi connectivity index (χ4n) is 3.99. The molecule has 8 heteroatoms. The Morgan fingerprint density at radius 2 is 1.82 bits per heavy atom. The second kappa shape index (κ2) is 9.44. The smallest absolute Gasteiger partial charge is 0.255 e. The topological polar surface area (TPSA) is 97.9 Å². The molecule has 1 aromatic heterocycles. The van der Waals surface area contributed by atoms with Crippen LogP contribution >= 0.6 is 0 Å². The largest absolute Gasteiger partial charge is 0.397 e. The van der Waals surface area contributed by atoms with Crippen LogP contribution in [0.3, 0.4) is 0 Å². The Morgan fingerprint density at radius 3 is 2.59 bits per heavy atom. The quantitative estimate of drug-likeness (QED) is 0.349. The van der Waals surface area contributed by atoms with E-state index in [4.69, 9.17) is 5.73 Å². The molecule has 1 saturated carbocycles. The van der Waals surface area contributed by atoms with Crippen LogP contribution in [0, 0.1) is 5.82 Å². The number of aromatic nitrogens is 3. The molecule has 172 valence electrons. The van der Waals surface area contributed by atoms with E-state index < -0.39 is 0 Å². The number of carbonyl (C=O) groups excluding carboxylic acids is 1. The van der Waals surface area contributed by atoms with Gasteiger partial charge in [0.15, 0.2) is 0 Å². The minimum absolute atomic E-state index is 0.208. The molecule has 0 unspecified atom stereocenters. The van der Waals surface area contributed by atoms with E-state index in [2.05, 4.69) is 20.9 Å². The molecule has 7 nitrogen and oxygen atoms in total. The van der Waals surface area contributed by atoms with Crippen LogP contribution in [0.1, 0.15) is 39.5 Å². The van der Waals surface area contributed by atoms with Gasteiger partial charge in [0.25, 0.3) is 5.91 Å². The number of benzene rings is 3. The molecule has 0 bridgehead atoms. The number of rotatable bonds is 8. The van der Waals surface area contributed by atoms with Gasteiger partial charge in [0.2, 0.25) is 0 Å². The lowest BCUT2D eigenvalue weighted by Crippen LogP contribution is -2.17. The van der Waals surface area contributed by atoms with Crippen LogP contribution in [-0.2, 0) is 13.1 Å². The summed E-state index contributed by atoms with van der Waals surface area (Å²) in [6.07, 6.45) is 2.96. The Morgan fingerprint density at radius 1 is 1.06 bits per heavy atom. The highest BCUT2D eigenvalue weighted by Gasteiger charge is 2.37. The first-order valence-corrected chi connectivity index (χ1v) is 11.2. The molecule has 1 amide bonds. The molecule has 3 aromatic carbocycles. The van der Waals surface area contributed by atoms with Gasteiger partial charge < -0.3 is 16.4 Å². The Labute approximate surface area is 196 Å². The van der Waals surface area contributed by atoms with E-state index in [1.165, 1.54) is 12.1 Å². The SMILES string of the molecule is Nc1ccccc1NC(=O)c1ccc(Cn2cc(CN[C@H]3C[C@@H]3c3ccc(F)cc3)nn2)cc1. The second-order valence-corrected chi connectivity index (χ2v) is 8.53. The van der Waals surface area contributed by atoms with Gasteiger partial charge in [-0.3, -0.25) is 4.79 Å². The number of halogens is 1. The number of nitrogens with one attached hydrogen (secondary N) is 2. The lowest BCUT2D eigenvalue weighted by atomic mass is 10.1. The standard InChI is InChI=1S/C26H25FN6O/c27-20-11-9-18(10-12-20)22-13-25(22)29-14-21-16-33(32-31-21)15-17-5-7-19(8-6-17)26(34)30-24-4-2-1-3-23(24)28/h1-12,16,22,25,29H,13-15,28H2,(H,30,34)/t22-,25+/m1/s1. The summed E-state index contributed by atoms with van der Waals surface area (Å²) in [5, 5.41) is 14.8. The first-order chi connectivity index (χ1) is 16.5. The summed E-state index contributed by atoms with van der Waals surface area (Å²) >= 11 is 0. The van der Waals surface area contributed by atoms with E-state index in [9.17, 15) is 9.18 Å². The molecule has 0 saturated heterocycles. The Balaban J connectivity index is 1.12. The summed E-state index contributed by atoms with van der Waals surface area (Å²) in [6, 6.07) is 21.6. The molecule has 4 aromatic rings. The molecule has 0 aliphatic heterocycles. The van der Waals surface area contributed by atoms with E-state index >= 15 is 0 Å². The number of para-hydroxylation sites is 2. The van der Waals surface area contributed by atoms with Crippen molar-refractivity contribution < 1.29 is 9.18 Å². The number of hydrogen-bond donors (Lipinski definition) is 3. The normalized spacial score (nSPS) is 16.9. The molecule has 0 radical (unpaired) electrons. The number of carbonyl (C=O) groups is 1. The first kappa shape index (κ1) is 21.8. The van der Waals surface area contributed by atoms with Gasteiger partial charge in [-0.1, -0.05) is 41.6 Å². The zero-order chi connectivity index (χ0) is 23.5. The first-order valence-electron chi connectivity index (χ1n) is 11.2. The van der Waals surface area contributed by atoms with Crippen LogP contribution in [0.25, 0.3) is 0 Å². The zero-order valence-corrected chi connectivity index (χ0v) is 18.5. The van der Waals surface area contributed by atoms with Gasteiger partial charge in [-0.2, -0.15) is 0 Å². The maximum absolute atomic E-state index is 13.1. The van der Waals surface area contributed by atoms with Crippen molar-refractivity contribution in [2.75, 3.05) is 11.1 Å². The van der Waals surface area contributed by atoms with Crippen molar-refractivity contribution in [1.82, 2.24) is 20.3 Å². The summed E-state index contributed by atoms with van der Waals surface area (Å²) in [5.41, 5.74) is 10.6. The van der Waals surface area contributed by atoms with Gasteiger partial charge in [0, 0.05) is 24.1 Å². The van der Waals surface area contributed by atoms with E-state index in [0.29, 0.717) is 42.0 Å². The highest BCUT2D eigenvalue weighted by molar-refractivity contribution is 6.05. The number of nitrogen functional groups attached to an aromatic ring is 1. The number of amides is 1. The minimum atomic E-state index is -0.211. The van der Waals surface area contributed by atoms with Gasteiger partial charge in [0.05, 0.1) is 29.8 Å². The maximum Gasteiger partial charge on any atom is 0.255 e. The zero-order valence-electron chi connectivity index (χ0n) is 18.5. The molecule has 1 aliphatic rings. The Bertz CT molecular complexity index is 1290. The van der Waals surface area contributed by atoms with E-state index in [-0.39, 0.29) is 11.7 Å². The minimum Gasteiger partial charge on any atom is -0.397 e. The Hall–Kier alpha value is -4.04. The lowest BCUT2D eigenvalue weighted by molar-refractivity contribution is 0.102. The number of nitrogens with two attached hydrogens (primary N) is 1. The molecule has 1 fully saturated rings. The molecule has 34 heavy (non-hydrogen) atoms. The van der Waals surface area contributed by atoms with Crippen molar-refractivity contribution in [3.8, 4) is 0 Å². The third-order valence-corrected chi connectivity index (χ3v) is 5.99. The summed E-state index contributed by atoms with van der Waals surface area (Å²) in [6.45, 7) is 1.19. The summed E-state index contributed by atoms with van der Waals surface area (Å²) in [4.78, 5) is 12.5. The van der Waals surface area contributed by atoms with Crippen LogP contribution in [0.15, 0.2) is 79.0 Å². The number of anilines is 2. The van der Waals surface area contributed by atoms with Crippen molar-refractivity contribution in [2.45, 2.75) is 31.5 Å². The van der Waals surface area contributed by atoms with E-state index in [0.717, 1.165) is 23.2 Å². The van der Waals surface area contributed by atoms with Gasteiger partial charge in [-0.05, 0) is 53.9 Å². The van der Waals surface area contributed by atoms with Gasteiger partial charge in [-0.25, -0.2) is 9.07 Å². The van der Waals surface area contributed by atoms with Crippen molar-refractivity contribution >= 4 is 17.3 Å². The predicted octanol–water partition coefficient (Wildman–Crippen LogP) is 3.95. The average molecular weight is 457 g/mol. The Kier molecular flexibility index (Phi) is 6.05. The molecular formula is C26H25FN6O. The van der Waals surface area contributed by atoms with Crippen LogP contribution in [0.4, 0.5) is 15.8 Å². The molecule has 0 spiro atoms. The molecule has 5 rings (SSSR count). The monoisotopic (exact) mass is 456 g/mol. The van der Waals surface area contributed by atoms with Crippen LogP contribution < -0.4 is 16.4 Å². The fraction of sp³-hybridized carbons (Fsp3) is 0.192. The van der Waals surface area contributed by atoms with Gasteiger partial charge in [-0.15, -0.1) is 5.10 Å². The number of hydrogen-bond acceptors (Lipinski definition) is 5. The number of nitrogens with zero attached hydrogens (tertiary/aromatic N) is 3. The third kappa shape index (κ3) is 5.13. The molecule has 2 atom stereocenters. The summed E-state index contributed by atoms with van der Waals surface area (Å²) in [7, 11) is 0. The molecular weight excluding hydrogens is 431 g/mol. The summed E-state index contributed by atoms with van der Waals surface area (Å²) < 4.78 is 14.9. The van der Waals surface area contributed by atoms with Crippen molar-refractivity contribution in [3.05, 3.63) is 107 Å². The van der Waals surface area contributed by atoms with Crippen molar-refractivity contribution in [3.63, 3.8) is 0 Å². The second-order valence-electron chi connectivity index (χ2n) is 8.53. The van der Waals surface area contributed by atoms with Crippen molar-refractivity contribution in [2.24, 2.45) is 0 Å². The van der Waals surface area contributed by atoms with Crippen LogP contribution in [0.5, 0.6) is 0 Å². The third-order valence-electron chi connectivity index (χ3n) is 5.99. The predicted molar refractivity (Wildman–Crippen MR) is 129 cm³/mol. The molecule has 4 N–H and O–H groups in total. The summed E-state index contributed by atoms with van der Waals surface area (Å²) in [5.74, 6) is 0.00285. The van der Waals surface area contributed by atoms with Gasteiger partial charge in [0.1, 0.15) is 5.82 Å². The van der Waals surface area contributed by atoms with Gasteiger partial charge >= 0.3 is 0 Å². The van der Waals surface area contributed by atoms with Crippen molar-refractivity contribution in [1.29, 1.82) is 0 Å². The van der Waals surface area contributed by atoms with Crippen LogP contribution in [0.2, 0.25) is 0 Å². The van der Waals surface area contributed by atoms with Crippen LogP contribution in [-0.4, -0.2) is 26.9 Å².